The highest BCUT2D eigenvalue weighted by Crippen LogP contribution is 2.60. The standard InChI is InChI=1S/C36H37N3O2/c40-33-29(28-18-24-14-16-26-20-41-21-27-17-15-25(19-28)31(24)32(26)27)12-7-13-30(33)36-38-34(22-8-3-1-4-9-22)37-35(39-36)23-10-5-2-6-11-23/h1-13,24-28,31-32,40H,14-21H2. The van der Waals surface area contributed by atoms with Gasteiger partial charge in [-0.15, -0.1) is 0 Å². The van der Waals surface area contributed by atoms with E-state index >= 15 is 0 Å². The van der Waals surface area contributed by atoms with Gasteiger partial charge in [-0.2, -0.15) is 0 Å². The third kappa shape index (κ3) is 4.46. The molecule has 3 aromatic carbocycles. The zero-order valence-electron chi connectivity index (χ0n) is 23.4. The normalized spacial score (nSPS) is 30.4. The summed E-state index contributed by atoms with van der Waals surface area (Å²) in [7, 11) is 0. The lowest BCUT2D eigenvalue weighted by atomic mass is 9.49. The maximum absolute atomic E-state index is 11.9. The summed E-state index contributed by atoms with van der Waals surface area (Å²) in [5.74, 6) is 7.24. The van der Waals surface area contributed by atoms with Crippen molar-refractivity contribution < 1.29 is 9.84 Å². The van der Waals surface area contributed by atoms with Crippen LogP contribution in [0.25, 0.3) is 34.2 Å². The third-order valence-corrected chi connectivity index (χ3v) is 10.7. The number of phenolic OH excluding ortho intramolecular Hbond substituents is 1. The fourth-order valence-electron chi connectivity index (χ4n) is 9.04. The van der Waals surface area contributed by atoms with Gasteiger partial charge in [-0.1, -0.05) is 72.8 Å². The minimum absolute atomic E-state index is 0.341. The van der Waals surface area contributed by atoms with Gasteiger partial charge in [-0.3, -0.25) is 0 Å². The van der Waals surface area contributed by atoms with Crippen LogP contribution in [0.15, 0.2) is 78.9 Å². The van der Waals surface area contributed by atoms with Gasteiger partial charge in [-0.25, -0.2) is 15.0 Å². The molecule has 4 unspecified atom stereocenters. The van der Waals surface area contributed by atoms with Crippen molar-refractivity contribution in [1.29, 1.82) is 0 Å². The minimum atomic E-state index is 0.341. The summed E-state index contributed by atoms with van der Waals surface area (Å²) in [5.41, 5.74) is 3.63. The first-order chi connectivity index (χ1) is 20.2. The number of aromatic hydroxyl groups is 1. The molecule has 1 saturated heterocycles. The zero-order valence-corrected chi connectivity index (χ0v) is 23.4. The molecule has 41 heavy (non-hydrogen) atoms. The SMILES string of the molecule is Oc1c(-c2nc(-c3ccccc3)nc(-c3ccccc3)n2)cccc1C1CC2CCC3COCC4CCC(C1)C2C34. The maximum atomic E-state index is 11.9. The molecular formula is C36H37N3O2. The highest BCUT2D eigenvalue weighted by atomic mass is 16.5. The van der Waals surface area contributed by atoms with Crippen LogP contribution in [0.5, 0.6) is 5.75 Å². The van der Waals surface area contributed by atoms with Gasteiger partial charge in [0.1, 0.15) is 5.75 Å². The van der Waals surface area contributed by atoms with Crippen molar-refractivity contribution in [2.45, 2.75) is 44.4 Å². The summed E-state index contributed by atoms with van der Waals surface area (Å²) in [6.45, 7) is 1.95. The van der Waals surface area contributed by atoms with Gasteiger partial charge in [0.15, 0.2) is 17.5 Å². The molecule has 3 aliphatic carbocycles. The first-order valence-corrected chi connectivity index (χ1v) is 15.5. The lowest BCUT2D eigenvalue weighted by Crippen LogP contribution is -2.53. The highest BCUT2D eigenvalue weighted by Gasteiger charge is 2.53. The number of aromatic nitrogens is 3. The lowest BCUT2D eigenvalue weighted by Gasteiger charge is -2.58. The molecule has 4 atom stereocenters. The fraction of sp³-hybridized carbons (Fsp3) is 0.417. The number of hydrogen-bond acceptors (Lipinski definition) is 5. The van der Waals surface area contributed by atoms with Crippen LogP contribution in [-0.4, -0.2) is 33.3 Å². The van der Waals surface area contributed by atoms with Gasteiger partial charge in [-0.05, 0) is 91.6 Å². The van der Waals surface area contributed by atoms with E-state index in [2.05, 4.69) is 12.1 Å². The minimum Gasteiger partial charge on any atom is -0.507 e. The second kappa shape index (κ2) is 10.4. The number of ether oxygens (including phenoxy) is 1. The Kier molecular flexibility index (Phi) is 6.36. The van der Waals surface area contributed by atoms with Crippen LogP contribution < -0.4 is 0 Å². The van der Waals surface area contributed by atoms with Crippen molar-refractivity contribution in [2.75, 3.05) is 13.2 Å². The highest BCUT2D eigenvalue weighted by molar-refractivity contribution is 5.71. The second-order valence-corrected chi connectivity index (χ2v) is 12.8. The molecule has 5 heteroatoms. The summed E-state index contributed by atoms with van der Waals surface area (Å²) in [6.07, 6.45) is 7.59. The average Bonchev–Trinajstić information content (AvgIpc) is 3.04. The molecular weight excluding hydrogens is 506 g/mol. The predicted molar refractivity (Wildman–Crippen MR) is 160 cm³/mol. The molecule has 3 saturated carbocycles. The summed E-state index contributed by atoms with van der Waals surface area (Å²) < 4.78 is 6.03. The van der Waals surface area contributed by atoms with E-state index in [-0.39, 0.29) is 0 Å². The molecule has 1 N–H and O–H groups in total. The first kappa shape index (κ1) is 25.2. The Morgan fingerprint density at radius 3 is 1.66 bits per heavy atom. The number of phenols is 1. The Hall–Kier alpha value is -3.57. The molecule has 1 aromatic heterocycles. The molecule has 1 aliphatic heterocycles. The molecule has 4 fully saturated rings. The molecule has 0 amide bonds. The van der Waals surface area contributed by atoms with Crippen molar-refractivity contribution in [2.24, 2.45) is 35.5 Å². The van der Waals surface area contributed by atoms with Crippen molar-refractivity contribution in [3.8, 4) is 39.9 Å². The van der Waals surface area contributed by atoms with Gasteiger partial charge >= 0.3 is 0 Å². The van der Waals surface area contributed by atoms with E-state index in [9.17, 15) is 5.11 Å². The Labute approximate surface area is 242 Å². The topological polar surface area (TPSA) is 68.1 Å². The predicted octanol–water partition coefficient (Wildman–Crippen LogP) is 7.77. The van der Waals surface area contributed by atoms with Gasteiger partial charge in [0.25, 0.3) is 0 Å². The number of rotatable bonds is 4. The number of nitrogens with zero attached hydrogens (tertiary/aromatic N) is 3. The van der Waals surface area contributed by atoms with Gasteiger partial charge in [0, 0.05) is 24.3 Å². The largest absolute Gasteiger partial charge is 0.507 e. The van der Waals surface area contributed by atoms with Crippen molar-refractivity contribution in [3.05, 3.63) is 84.4 Å². The molecule has 2 heterocycles. The Bertz CT molecular complexity index is 1460. The average molecular weight is 544 g/mol. The second-order valence-electron chi connectivity index (χ2n) is 12.8. The maximum Gasteiger partial charge on any atom is 0.167 e. The molecule has 0 bridgehead atoms. The fourth-order valence-corrected chi connectivity index (χ4v) is 9.04. The number of benzene rings is 3. The smallest absolute Gasteiger partial charge is 0.167 e. The van der Waals surface area contributed by atoms with Crippen LogP contribution in [0.4, 0.5) is 0 Å². The van der Waals surface area contributed by atoms with Crippen LogP contribution in [0.1, 0.15) is 50.0 Å². The quantitative estimate of drug-likeness (QED) is 0.285. The van der Waals surface area contributed by atoms with E-state index in [1.165, 1.54) is 38.5 Å². The summed E-state index contributed by atoms with van der Waals surface area (Å²) in [5, 5.41) is 11.9. The van der Waals surface area contributed by atoms with E-state index in [1.54, 1.807) is 0 Å². The van der Waals surface area contributed by atoms with Crippen LogP contribution in [-0.2, 0) is 4.74 Å². The van der Waals surface area contributed by atoms with Crippen molar-refractivity contribution >= 4 is 0 Å². The molecule has 4 aliphatic rings. The van der Waals surface area contributed by atoms with Gasteiger partial charge in [0.05, 0.1) is 5.56 Å². The van der Waals surface area contributed by atoms with E-state index in [0.717, 1.165) is 65.4 Å². The molecule has 208 valence electrons. The summed E-state index contributed by atoms with van der Waals surface area (Å²) >= 11 is 0. The molecule has 5 nitrogen and oxygen atoms in total. The van der Waals surface area contributed by atoms with E-state index in [4.69, 9.17) is 19.7 Å². The molecule has 4 aromatic rings. The first-order valence-electron chi connectivity index (χ1n) is 15.5. The van der Waals surface area contributed by atoms with Crippen molar-refractivity contribution in [1.82, 2.24) is 15.0 Å². The van der Waals surface area contributed by atoms with Crippen LogP contribution in [0, 0.1) is 35.5 Å². The van der Waals surface area contributed by atoms with E-state index < -0.39 is 0 Å². The van der Waals surface area contributed by atoms with Gasteiger partial charge in [0.2, 0.25) is 0 Å². The molecule has 8 rings (SSSR count). The van der Waals surface area contributed by atoms with Crippen molar-refractivity contribution in [3.63, 3.8) is 0 Å². The molecule has 0 spiro atoms. The lowest BCUT2D eigenvalue weighted by molar-refractivity contribution is -0.137. The van der Waals surface area contributed by atoms with E-state index in [0.29, 0.717) is 34.7 Å². The summed E-state index contributed by atoms with van der Waals surface area (Å²) in [6, 6.07) is 26.2. The Morgan fingerprint density at radius 2 is 1.07 bits per heavy atom. The van der Waals surface area contributed by atoms with Crippen LogP contribution >= 0.6 is 0 Å². The van der Waals surface area contributed by atoms with Crippen LogP contribution in [0.2, 0.25) is 0 Å². The number of para-hydroxylation sites is 1. The Balaban J connectivity index is 1.16. The molecule has 0 radical (unpaired) electrons. The van der Waals surface area contributed by atoms with Gasteiger partial charge < -0.3 is 9.84 Å². The monoisotopic (exact) mass is 543 g/mol. The van der Waals surface area contributed by atoms with Crippen LogP contribution in [0.3, 0.4) is 0 Å². The zero-order chi connectivity index (χ0) is 27.3. The number of hydrogen-bond donors (Lipinski definition) is 1. The van der Waals surface area contributed by atoms with E-state index in [1.807, 2.05) is 66.7 Å². The third-order valence-electron chi connectivity index (χ3n) is 10.7. The summed E-state index contributed by atoms with van der Waals surface area (Å²) in [4.78, 5) is 14.6. The Morgan fingerprint density at radius 1 is 0.561 bits per heavy atom.